The average Bonchev–Trinajstić information content (AvgIpc) is 2.24. The summed E-state index contributed by atoms with van der Waals surface area (Å²) >= 11 is 0. The predicted molar refractivity (Wildman–Crippen MR) is 64.6 cm³/mol. The van der Waals surface area contributed by atoms with Crippen LogP contribution < -0.4 is 5.32 Å². The van der Waals surface area contributed by atoms with E-state index >= 15 is 0 Å². The number of hydrogen-bond donors (Lipinski definition) is 1. The number of alkyl carbamates (subject to hydrolysis) is 1. The van der Waals surface area contributed by atoms with E-state index in [2.05, 4.69) is 5.32 Å². The van der Waals surface area contributed by atoms with Gasteiger partial charge in [0.25, 0.3) is 6.29 Å². The van der Waals surface area contributed by atoms with Gasteiger partial charge in [0.2, 0.25) is 0 Å². The monoisotopic (exact) mass is 263 g/mol. The summed E-state index contributed by atoms with van der Waals surface area (Å²) in [6, 6.07) is 0. The van der Waals surface area contributed by atoms with Crippen molar-refractivity contribution >= 4 is 12.1 Å². The summed E-state index contributed by atoms with van der Waals surface area (Å²) in [5.74, 6) is -0.926. The van der Waals surface area contributed by atoms with E-state index in [1.807, 2.05) is 0 Å². The highest BCUT2D eigenvalue weighted by Crippen LogP contribution is 2.11. The van der Waals surface area contributed by atoms with Gasteiger partial charge in [-0.2, -0.15) is 0 Å². The third-order valence-corrected chi connectivity index (χ3v) is 2.00. The zero-order valence-electron chi connectivity index (χ0n) is 11.5. The first-order valence-electron chi connectivity index (χ1n) is 6.03. The third-order valence-electron chi connectivity index (χ3n) is 2.00. The minimum absolute atomic E-state index is 0.137. The first kappa shape index (κ1) is 16.7. The minimum atomic E-state index is -1.16. The molecule has 0 aliphatic heterocycles. The molecule has 0 rings (SSSR count). The highest BCUT2D eigenvalue weighted by atomic mass is 19.1. The standard InChI is InChI=1S/C12H22FNO4/c1-7(2)10(15)17-11(8(3)4)18-12(16)14-6-9(5)13/h7-9,11H,6H2,1-5H3,(H,14,16)/t9-,11-/m0/s1. The lowest BCUT2D eigenvalue weighted by Crippen LogP contribution is -2.37. The molecule has 0 saturated carbocycles. The predicted octanol–water partition coefficient (Wildman–Crippen LogP) is 2.25. The summed E-state index contributed by atoms with van der Waals surface area (Å²) in [4.78, 5) is 22.7. The fourth-order valence-electron chi connectivity index (χ4n) is 0.918. The number of amides is 1. The summed E-state index contributed by atoms with van der Waals surface area (Å²) in [5, 5.41) is 2.24. The Balaban J connectivity index is 4.27. The fraction of sp³-hybridized carbons (Fsp3) is 0.833. The third kappa shape index (κ3) is 7.09. The Morgan fingerprint density at radius 2 is 1.67 bits per heavy atom. The van der Waals surface area contributed by atoms with Crippen molar-refractivity contribution in [2.45, 2.75) is 47.1 Å². The summed E-state index contributed by atoms with van der Waals surface area (Å²) in [5.41, 5.74) is 0. The molecule has 0 fully saturated rings. The van der Waals surface area contributed by atoms with Gasteiger partial charge in [0, 0.05) is 5.92 Å². The second-order valence-corrected chi connectivity index (χ2v) is 4.77. The van der Waals surface area contributed by atoms with Crippen molar-refractivity contribution in [2.24, 2.45) is 11.8 Å². The lowest BCUT2D eigenvalue weighted by Gasteiger charge is -2.22. The fourth-order valence-corrected chi connectivity index (χ4v) is 0.918. The van der Waals surface area contributed by atoms with Gasteiger partial charge in [-0.05, 0) is 6.92 Å². The molecule has 18 heavy (non-hydrogen) atoms. The van der Waals surface area contributed by atoms with Crippen LogP contribution in [0.2, 0.25) is 0 Å². The van der Waals surface area contributed by atoms with Crippen LogP contribution in [0.1, 0.15) is 34.6 Å². The molecule has 0 saturated heterocycles. The first-order chi connectivity index (χ1) is 8.23. The zero-order valence-corrected chi connectivity index (χ0v) is 11.5. The van der Waals surface area contributed by atoms with Crippen LogP contribution in [0.3, 0.4) is 0 Å². The molecular formula is C12H22FNO4. The lowest BCUT2D eigenvalue weighted by atomic mass is 10.2. The van der Waals surface area contributed by atoms with Gasteiger partial charge in [0.1, 0.15) is 6.17 Å². The number of rotatable bonds is 6. The van der Waals surface area contributed by atoms with E-state index in [4.69, 9.17) is 9.47 Å². The first-order valence-corrected chi connectivity index (χ1v) is 6.03. The Morgan fingerprint density at radius 3 is 2.06 bits per heavy atom. The van der Waals surface area contributed by atoms with Gasteiger partial charge in [0.15, 0.2) is 0 Å². The van der Waals surface area contributed by atoms with Crippen LogP contribution in [0.15, 0.2) is 0 Å². The molecule has 1 N–H and O–H groups in total. The molecule has 0 radical (unpaired) electrons. The van der Waals surface area contributed by atoms with Crippen LogP contribution in [0.4, 0.5) is 9.18 Å². The van der Waals surface area contributed by atoms with Crippen LogP contribution in [0.25, 0.3) is 0 Å². The molecule has 0 aromatic heterocycles. The van der Waals surface area contributed by atoms with Crippen LogP contribution in [0.5, 0.6) is 0 Å². The second kappa shape index (κ2) is 7.89. The molecule has 0 heterocycles. The van der Waals surface area contributed by atoms with Gasteiger partial charge in [-0.25, -0.2) is 9.18 Å². The van der Waals surface area contributed by atoms with Crippen molar-refractivity contribution < 1.29 is 23.5 Å². The molecule has 0 aromatic rings. The molecule has 0 spiro atoms. The Morgan fingerprint density at radius 1 is 1.11 bits per heavy atom. The topological polar surface area (TPSA) is 64.6 Å². The van der Waals surface area contributed by atoms with Crippen molar-refractivity contribution in [2.75, 3.05) is 6.54 Å². The molecule has 0 aliphatic carbocycles. The number of ether oxygens (including phenoxy) is 2. The van der Waals surface area contributed by atoms with E-state index < -0.39 is 24.5 Å². The van der Waals surface area contributed by atoms with Crippen LogP contribution >= 0.6 is 0 Å². The minimum Gasteiger partial charge on any atom is -0.425 e. The van der Waals surface area contributed by atoms with Gasteiger partial charge < -0.3 is 14.8 Å². The van der Waals surface area contributed by atoms with E-state index in [1.165, 1.54) is 6.92 Å². The molecule has 0 unspecified atom stereocenters. The molecule has 2 atom stereocenters. The number of carbonyl (C=O) groups excluding carboxylic acids is 2. The van der Waals surface area contributed by atoms with Crippen molar-refractivity contribution in [3.8, 4) is 0 Å². The smallest absolute Gasteiger partial charge is 0.410 e. The Labute approximate surface area is 107 Å². The maximum Gasteiger partial charge on any atom is 0.410 e. The summed E-state index contributed by atoms with van der Waals surface area (Å²) in [6.45, 7) is 8.06. The van der Waals surface area contributed by atoms with Crippen LogP contribution in [0, 0.1) is 11.8 Å². The number of carbonyl (C=O) groups is 2. The molecule has 106 valence electrons. The van der Waals surface area contributed by atoms with E-state index in [0.717, 1.165) is 0 Å². The van der Waals surface area contributed by atoms with Gasteiger partial charge >= 0.3 is 12.1 Å². The number of halogens is 1. The van der Waals surface area contributed by atoms with Gasteiger partial charge in [0.05, 0.1) is 12.5 Å². The Kier molecular flexibility index (Phi) is 7.31. The summed E-state index contributed by atoms with van der Waals surface area (Å²) in [6.07, 6.45) is -2.92. The van der Waals surface area contributed by atoms with E-state index in [1.54, 1.807) is 27.7 Å². The maximum absolute atomic E-state index is 12.5. The van der Waals surface area contributed by atoms with Gasteiger partial charge in [-0.3, -0.25) is 4.79 Å². The van der Waals surface area contributed by atoms with E-state index in [9.17, 15) is 14.0 Å². The largest absolute Gasteiger partial charge is 0.425 e. The normalized spacial score (nSPS) is 14.2. The van der Waals surface area contributed by atoms with E-state index in [-0.39, 0.29) is 18.4 Å². The van der Waals surface area contributed by atoms with Crippen LogP contribution in [-0.4, -0.2) is 31.1 Å². The summed E-state index contributed by atoms with van der Waals surface area (Å²) < 4.78 is 22.5. The molecule has 0 aromatic carbocycles. The van der Waals surface area contributed by atoms with Crippen molar-refractivity contribution in [1.29, 1.82) is 0 Å². The van der Waals surface area contributed by atoms with Gasteiger partial charge in [-0.1, -0.05) is 27.7 Å². The highest BCUT2D eigenvalue weighted by molar-refractivity contribution is 5.72. The number of nitrogens with one attached hydrogen (secondary N) is 1. The van der Waals surface area contributed by atoms with E-state index in [0.29, 0.717) is 0 Å². The molecule has 6 heteroatoms. The summed E-state index contributed by atoms with van der Waals surface area (Å²) in [7, 11) is 0. The second-order valence-electron chi connectivity index (χ2n) is 4.77. The van der Waals surface area contributed by atoms with Crippen LogP contribution in [-0.2, 0) is 14.3 Å². The molecule has 0 bridgehead atoms. The van der Waals surface area contributed by atoms with Crippen molar-refractivity contribution in [1.82, 2.24) is 5.32 Å². The zero-order chi connectivity index (χ0) is 14.3. The highest BCUT2D eigenvalue weighted by Gasteiger charge is 2.24. The number of alkyl halides is 1. The number of esters is 1. The quantitative estimate of drug-likeness (QED) is 0.589. The molecule has 0 aliphatic rings. The van der Waals surface area contributed by atoms with Crippen molar-refractivity contribution in [3.63, 3.8) is 0 Å². The molecular weight excluding hydrogens is 241 g/mol. The molecule has 1 amide bonds. The molecule has 5 nitrogen and oxygen atoms in total. The van der Waals surface area contributed by atoms with Gasteiger partial charge in [-0.15, -0.1) is 0 Å². The maximum atomic E-state index is 12.5. The average molecular weight is 263 g/mol. The van der Waals surface area contributed by atoms with Crippen molar-refractivity contribution in [3.05, 3.63) is 0 Å². The number of hydrogen-bond acceptors (Lipinski definition) is 4. The Hall–Kier alpha value is -1.33. The SMILES string of the molecule is CC(C)C(=O)O[C@@H](OC(=O)NC[C@H](C)F)C(C)C. The lowest BCUT2D eigenvalue weighted by molar-refractivity contribution is -0.178. The Bertz CT molecular complexity index is 279.